The van der Waals surface area contributed by atoms with Gasteiger partial charge in [0.25, 0.3) is 5.91 Å². The molecule has 2 atom stereocenters. The van der Waals surface area contributed by atoms with Crippen LogP contribution in [-0.4, -0.2) is 35.3 Å². The maximum atomic E-state index is 13.8. The van der Waals surface area contributed by atoms with Crippen molar-refractivity contribution in [1.29, 1.82) is 0 Å². The zero-order chi connectivity index (χ0) is 20.0. The van der Waals surface area contributed by atoms with Crippen molar-refractivity contribution in [1.82, 2.24) is 10.3 Å². The number of hydrogen-bond donors (Lipinski definition) is 1. The second kappa shape index (κ2) is 7.27. The van der Waals surface area contributed by atoms with Gasteiger partial charge in [0.1, 0.15) is 5.25 Å². The smallest absolute Gasteiger partial charge is 0.329 e. The Bertz CT molecular complexity index is 1030. The number of thioether (sulfide) groups is 1. The van der Waals surface area contributed by atoms with Gasteiger partial charge in [-0.05, 0) is 24.3 Å². The van der Waals surface area contributed by atoms with Crippen LogP contribution in [0.1, 0.15) is 5.56 Å². The minimum absolute atomic E-state index is 0.0396. The molecule has 1 saturated heterocycles. The largest absolute Gasteiger partial charge is 0.494 e. The number of methoxy groups -OCH3 is 1. The van der Waals surface area contributed by atoms with Crippen LogP contribution >= 0.6 is 35.0 Å². The Morgan fingerprint density at radius 1 is 1.25 bits per heavy atom. The highest BCUT2D eigenvalue weighted by atomic mass is 35.5. The molecule has 2 aromatic rings. The van der Waals surface area contributed by atoms with E-state index in [2.05, 4.69) is 10.3 Å². The van der Waals surface area contributed by atoms with Crippen LogP contribution in [0.25, 0.3) is 4.91 Å². The fraction of sp³-hybridized carbons (Fsp3) is 0.167. The minimum Gasteiger partial charge on any atom is -0.494 e. The summed E-state index contributed by atoms with van der Waals surface area (Å²) in [5.41, 5.74) is 0.807. The number of ether oxygens (including phenoxy) is 1. The SMILES string of the molecule is COc1cc(C2=CC3NC(=O)N(c4cncc(Cl)c4)C(=O)C3S2)c(Cl)cc1F. The van der Waals surface area contributed by atoms with Gasteiger partial charge in [-0.3, -0.25) is 9.78 Å². The molecule has 10 heteroatoms. The Morgan fingerprint density at radius 3 is 2.75 bits per heavy atom. The molecule has 1 aromatic carbocycles. The lowest BCUT2D eigenvalue weighted by atomic mass is 10.1. The van der Waals surface area contributed by atoms with Crippen molar-refractivity contribution in [2.24, 2.45) is 0 Å². The average Bonchev–Trinajstić information content (AvgIpc) is 3.06. The molecule has 3 heterocycles. The van der Waals surface area contributed by atoms with Gasteiger partial charge >= 0.3 is 6.03 Å². The Hall–Kier alpha value is -2.29. The molecule has 4 rings (SSSR count). The molecule has 0 bridgehead atoms. The number of imide groups is 1. The zero-order valence-corrected chi connectivity index (χ0v) is 16.6. The van der Waals surface area contributed by atoms with Gasteiger partial charge in [-0.25, -0.2) is 14.1 Å². The summed E-state index contributed by atoms with van der Waals surface area (Å²) in [6.45, 7) is 0. The number of pyridine rings is 1. The highest BCUT2D eigenvalue weighted by Gasteiger charge is 2.45. The molecule has 1 fully saturated rings. The fourth-order valence-electron chi connectivity index (χ4n) is 3.05. The third-order valence-corrected chi connectivity index (χ3v) is 6.20. The molecule has 6 nitrogen and oxygen atoms in total. The van der Waals surface area contributed by atoms with Gasteiger partial charge in [0.05, 0.1) is 35.1 Å². The normalized spacial score (nSPS) is 21.3. The van der Waals surface area contributed by atoms with Crippen LogP contribution in [0.15, 0.2) is 36.7 Å². The molecule has 28 heavy (non-hydrogen) atoms. The van der Waals surface area contributed by atoms with Gasteiger partial charge in [-0.2, -0.15) is 0 Å². The number of rotatable bonds is 3. The quantitative estimate of drug-likeness (QED) is 0.778. The van der Waals surface area contributed by atoms with Gasteiger partial charge in [0.15, 0.2) is 11.6 Å². The summed E-state index contributed by atoms with van der Waals surface area (Å²) in [6.07, 6.45) is 4.53. The molecular formula is C18H12Cl2FN3O3S. The Morgan fingerprint density at radius 2 is 2.04 bits per heavy atom. The first-order chi connectivity index (χ1) is 13.4. The monoisotopic (exact) mass is 439 g/mol. The van der Waals surface area contributed by atoms with Crippen molar-refractivity contribution in [3.8, 4) is 5.75 Å². The van der Waals surface area contributed by atoms with E-state index in [1.54, 1.807) is 6.08 Å². The summed E-state index contributed by atoms with van der Waals surface area (Å²) in [7, 11) is 1.35. The molecule has 144 valence electrons. The van der Waals surface area contributed by atoms with Crippen LogP contribution in [0.5, 0.6) is 5.75 Å². The average molecular weight is 440 g/mol. The summed E-state index contributed by atoms with van der Waals surface area (Å²) in [4.78, 5) is 31.1. The third kappa shape index (κ3) is 3.21. The number of urea groups is 1. The first-order valence-corrected chi connectivity index (χ1v) is 9.69. The fourth-order valence-corrected chi connectivity index (χ4v) is 4.82. The lowest BCUT2D eigenvalue weighted by Crippen LogP contribution is -2.60. The molecule has 0 radical (unpaired) electrons. The second-order valence-electron chi connectivity index (χ2n) is 6.05. The van der Waals surface area contributed by atoms with E-state index in [1.165, 1.54) is 43.4 Å². The molecule has 3 amide bonds. The topological polar surface area (TPSA) is 71.5 Å². The highest BCUT2D eigenvalue weighted by Crippen LogP contribution is 2.45. The van der Waals surface area contributed by atoms with E-state index in [1.807, 2.05) is 0 Å². The van der Waals surface area contributed by atoms with Crippen LogP contribution in [0.4, 0.5) is 14.9 Å². The Kier molecular flexibility index (Phi) is 4.95. The van der Waals surface area contributed by atoms with Gasteiger partial charge in [0, 0.05) is 16.7 Å². The van der Waals surface area contributed by atoms with Gasteiger partial charge in [-0.1, -0.05) is 23.2 Å². The maximum absolute atomic E-state index is 13.8. The summed E-state index contributed by atoms with van der Waals surface area (Å²) in [5.74, 6) is -0.946. The van der Waals surface area contributed by atoms with E-state index in [4.69, 9.17) is 27.9 Å². The Labute approximate surface area is 173 Å². The van der Waals surface area contributed by atoms with Crippen LogP contribution in [0, 0.1) is 5.82 Å². The van der Waals surface area contributed by atoms with Gasteiger partial charge in [0.2, 0.25) is 0 Å². The summed E-state index contributed by atoms with van der Waals surface area (Å²) in [6, 6.07) is 3.02. The first kappa shape index (κ1) is 19.0. The third-order valence-electron chi connectivity index (χ3n) is 4.32. The van der Waals surface area contributed by atoms with E-state index in [0.29, 0.717) is 15.5 Å². The lowest BCUT2D eigenvalue weighted by molar-refractivity contribution is -0.118. The minimum atomic E-state index is -0.598. The number of amides is 3. The van der Waals surface area contributed by atoms with Crippen molar-refractivity contribution in [2.75, 3.05) is 12.0 Å². The number of hydrogen-bond acceptors (Lipinski definition) is 5. The van der Waals surface area contributed by atoms with Crippen molar-refractivity contribution in [2.45, 2.75) is 11.3 Å². The highest BCUT2D eigenvalue weighted by molar-refractivity contribution is 8.09. The van der Waals surface area contributed by atoms with E-state index >= 15 is 0 Å². The number of nitrogens with one attached hydrogen (secondary N) is 1. The van der Waals surface area contributed by atoms with Crippen LogP contribution < -0.4 is 15.0 Å². The number of benzene rings is 1. The van der Waals surface area contributed by atoms with Crippen molar-refractivity contribution >= 4 is 57.5 Å². The number of aromatic nitrogens is 1. The molecule has 1 N–H and O–H groups in total. The van der Waals surface area contributed by atoms with Gasteiger partial charge < -0.3 is 10.1 Å². The molecular weight excluding hydrogens is 428 g/mol. The summed E-state index contributed by atoms with van der Waals surface area (Å²) in [5, 5.41) is 2.68. The van der Waals surface area contributed by atoms with Crippen LogP contribution in [-0.2, 0) is 4.79 Å². The number of fused-ring (bicyclic) bond motifs is 1. The van der Waals surface area contributed by atoms with Crippen LogP contribution in [0.3, 0.4) is 0 Å². The van der Waals surface area contributed by atoms with Crippen LogP contribution in [0.2, 0.25) is 10.0 Å². The molecule has 2 unspecified atom stereocenters. The van der Waals surface area contributed by atoms with Crippen molar-refractivity contribution in [3.05, 3.63) is 58.1 Å². The maximum Gasteiger partial charge on any atom is 0.329 e. The zero-order valence-electron chi connectivity index (χ0n) is 14.3. The molecule has 1 aromatic heterocycles. The van der Waals surface area contributed by atoms with E-state index < -0.39 is 29.0 Å². The van der Waals surface area contributed by atoms with Crippen molar-refractivity contribution < 1.29 is 18.7 Å². The number of anilines is 1. The molecule has 2 aliphatic rings. The number of carbonyl (C=O) groups excluding carboxylic acids is 2. The van der Waals surface area contributed by atoms with Gasteiger partial charge in [-0.15, -0.1) is 11.8 Å². The standard InChI is InChI=1S/C18H12Cl2FN3O3S/c1-27-14-3-10(11(20)4-12(14)21)15-5-13-16(28-15)17(25)24(18(26)23-13)9-2-8(19)6-22-7-9/h2-7,13,16H,1H3,(H,23,26). The summed E-state index contributed by atoms with van der Waals surface area (Å²) < 4.78 is 18.8. The number of carbonyl (C=O) groups is 2. The lowest BCUT2D eigenvalue weighted by Gasteiger charge is -2.32. The molecule has 0 saturated carbocycles. The predicted octanol–water partition coefficient (Wildman–Crippen LogP) is 4.12. The van der Waals surface area contributed by atoms with E-state index in [-0.39, 0.29) is 16.5 Å². The van der Waals surface area contributed by atoms with E-state index in [9.17, 15) is 14.0 Å². The first-order valence-electron chi connectivity index (χ1n) is 8.06. The summed E-state index contributed by atoms with van der Waals surface area (Å²) >= 11 is 13.4. The molecule has 2 aliphatic heterocycles. The Balaban J connectivity index is 1.66. The predicted molar refractivity (Wildman–Crippen MR) is 106 cm³/mol. The molecule has 0 spiro atoms. The molecule has 0 aliphatic carbocycles. The second-order valence-corrected chi connectivity index (χ2v) is 8.07. The number of halogens is 3. The van der Waals surface area contributed by atoms with Crippen molar-refractivity contribution in [3.63, 3.8) is 0 Å². The van der Waals surface area contributed by atoms with E-state index in [0.717, 1.165) is 11.0 Å². The number of nitrogens with zero attached hydrogens (tertiary/aromatic N) is 2.